The fourth-order valence-electron chi connectivity index (χ4n) is 1.73. The molecule has 0 unspecified atom stereocenters. The largest absolute Gasteiger partial charge is 0.250 e. The van der Waals surface area contributed by atoms with Gasteiger partial charge in [-0.05, 0) is 52.4 Å². The third-order valence-electron chi connectivity index (χ3n) is 2.63. The normalized spacial score (nSPS) is 11.3. The van der Waals surface area contributed by atoms with E-state index in [1.165, 1.54) is 0 Å². The Balaban J connectivity index is 2.01. The zero-order chi connectivity index (χ0) is 14.8. The summed E-state index contributed by atoms with van der Waals surface area (Å²) in [5, 5.41) is 12.0. The second kappa shape index (κ2) is 6.23. The molecule has 0 spiro atoms. The van der Waals surface area contributed by atoms with Gasteiger partial charge < -0.3 is 0 Å². The van der Waals surface area contributed by atoms with Gasteiger partial charge in [0, 0.05) is 15.5 Å². The van der Waals surface area contributed by atoms with E-state index in [1.54, 1.807) is 22.2 Å². The van der Waals surface area contributed by atoms with E-state index in [0.717, 1.165) is 14.2 Å². The van der Waals surface area contributed by atoms with Crippen molar-refractivity contribution in [1.29, 1.82) is 0 Å². The highest BCUT2D eigenvalue weighted by molar-refractivity contribution is 9.11. The molecule has 3 aromatic rings. The van der Waals surface area contributed by atoms with Crippen LogP contribution in [0.15, 0.2) is 45.3 Å². The van der Waals surface area contributed by atoms with Crippen LogP contribution in [0.3, 0.4) is 0 Å². The molecule has 0 bridgehead atoms. The summed E-state index contributed by atoms with van der Waals surface area (Å²) in [5.74, 6) is 0.620. The van der Waals surface area contributed by atoms with Crippen LogP contribution in [0.1, 0.15) is 4.88 Å². The lowest BCUT2D eigenvalue weighted by atomic mass is 10.2. The molecule has 21 heavy (non-hydrogen) atoms. The molecule has 0 aliphatic rings. The molecule has 0 fully saturated rings. The van der Waals surface area contributed by atoms with Gasteiger partial charge in [0.2, 0.25) is 4.77 Å². The van der Waals surface area contributed by atoms with Gasteiger partial charge in [0.1, 0.15) is 0 Å². The summed E-state index contributed by atoms with van der Waals surface area (Å²) >= 11 is 16.2. The number of aromatic nitrogens is 3. The van der Waals surface area contributed by atoms with Gasteiger partial charge in [-0.2, -0.15) is 14.9 Å². The summed E-state index contributed by atoms with van der Waals surface area (Å²) < 4.78 is 3.06. The van der Waals surface area contributed by atoms with Crippen molar-refractivity contribution in [2.45, 2.75) is 0 Å². The highest BCUT2D eigenvalue weighted by Gasteiger charge is 2.08. The van der Waals surface area contributed by atoms with Crippen molar-refractivity contribution in [1.82, 2.24) is 14.9 Å². The van der Waals surface area contributed by atoms with E-state index in [9.17, 15) is 0 Å². The molecule has 8 heteroatoms. The maximum Gasteiger partial charge on any atom is 0.216 e. The summed E-state index contributed by atoms with van der Waals surface area (Å²) in [7, 11) is 0. The smallest absolute Gasteiger partial charge is 0.216 e. The predicted molar refractivity (Wildman–Crippen MR) is 92.9 cm³/mol. The van der Waals surface area contributed by atoms with Crippen molar-refractivity contribution in [3.05, 3.63) is 54.9 Å². The molecule has 2 heterocycles. The van der Waals surface area contributed by atoms with Crippen LogP contribution in [0.5, 0.6) is 0 Å². The number of rotatable bonds is 3. The molecule has 2 aromatic heterocycles. The Kier molecular flexibility index (Phi) is 4.34. The van der Waals surface area contributed by atoms with E-state index in [0.29, 0.717) is 15.6 Å². The lowest BCUT2D eigenvalue weighted by Crippen LogP contribution is -1.94. The molecule has 0 aliphatic heterocycles. The Labute approximate surface area is 143 Å². The maximum absolute atomic E-state index is 6.01. The standard InChI is InChI=1S/C13H8BrClN4S2/c14-11-5-4-10(21-11)7-16-19-12(17-18-13(19)20)8-2-1-3-9(15)6-8/h1-7H,(H,18,20). The Hall–Kier alpha value is -1.28. The Bertz CT molecular complexity index is 865. The van der Waals surface area contributed by atoms with Gasteiger partial charge in [0.25, 0.3) is 0 Å². The number of nitrogens with zero attached hydrogens (tertiary/aromatic N) is 3. The van der Waals surface area contributed by atoms with Crippen molar-refractivity contribution in [3.63, 3.8) is 0 Å². The molecule has 1 N–H and O–H groups in total. The number of benzene rings is 1. The van der Waals surface area contributed by atoms with Crippen molar-refractivity contribution in [2.24, 2.45) is 5.10 Å². The molecule has 0 amide bonds. The van der Waals surface area contributed by atoms with E-state index in [-0.39, 0.29) is 0 Å². The molecule has 0 aliphatic carbocycles. The summed E-state index contributed by atoms with van der Waals surface area (Å²) in [6, 6.07) is 11.3. The van der Waals surface area contributed by atoms with Crippen LogP contribution in [0.4, 0.5) is 0 Å². The van der Waals surface area contributed by atoms with E-state index in [4.69, 9.17) is 23.8 Å². The van der Waals surface area contributed by atoms with Crippen LogP contribution in [0.25, 0.3) is 11.4 Å². The molecule has 0 radical (unpaired) electrons. The van der Waals surface area contributed by atoms with Gasteiger partial charge >= 0.3 is 0 Å². The highest BCUT2D eigenvalue weighted by Crippen LogP contribution is 2.22. The maximum atomic E-state index is 6.01. The lowest BCUT2D eigenvalue weighted by Gasteiger charge is -2.00. The fourth-order valence-corrected chi connectivity index (χ4v) is 3.39. The summed E-state index contributed by atoms with van der Waals surface area (Å²) in [6.45, 7) is 0. The summed E-state index contributed by atoms with van der Waals surface area (Å²) in [4.78, 5) is 1.02. The minimum atomic E-state index is 0.428. The number of halogens is 2. The van der Waals surface area contributed by atoms with Crippen molar-refractivity contribution in [2.75, 3.05) is 0 Å². The van der Waals surface area contributed by atoms with E-state index in [1.807, 2.05) is 36.4 Å². The van der Waals surface area contributed by atoms with Gasteiger partial charge in [0.15, 0.2) is 5.82 Å². The number of hydrogen-bond donors (Lipinski definition) is 1. The summed E-state index contributed by atoms with van der Waals surface area (Å²) in [6.07, 6.45) is 1.74. The van der Waals surface area contributed by atoms with Crippen LogP contribution < -0.4 is 0 Å². The number of thiophene rings is 1. The van der Waals surface area contributed by atoms with Gasteiger partial charge in [-0.3, -0.25) is 0 Å². The van der Waals surface area contributed by atoms with E-state index in [2.05, 4.69) is 31.2 Å². The topological polar surface area (TPSA) is 46.0 Å². The van der Waals surface area contributed by atoms with Crippen molar-refractivity contribution < 1.29 is 0 Å². The molecule has 0 saturated carbocycles. The zero-order valence-corrected chi connectivity index (χ0v) is 14.4. The average Bonchev–Trinajstić information content (AvgIpc) is 3.03. The summed E-state index contributed by atoms with van der Waals surface area (Å²) in [5.41, 5.74) is 0.847. The monoisotopic (exact) mass is 398 g/mol. The molecule has 0 atom stereocenters. The minimum Gasteiger partial charge on any atom is -0.250 e. The fraction of sp³-hybridized carbons (Fsp3) is 0. The lowest BCUT2D eigenvalue weighted by molar-refractivity contribution is 0.872. The molecular weight excluding hydrogens is 392 g/mol. The van der Waals surface area contributed by atoms with Crippen LogP contribution >= 0.6 is 51.1 Å². The van der Waals surface area contributed by atoms with Gasteiger partial charge in [-0.25, -0.2) is 5.10 Å². The average molecular weight is 400 g/mol. The van der Waals surface area contributed by atoms with E-state index >= 15 is 0 Å². The van der Waals surface area contributed by atoms with Crippen LogP contribution in [0.2, 0.25) is 5.02 Å². The first kappa shape index (κ1) is 14.6. The molecule has 1 aromatic carbocycles. The van der Waals surface area contributed by atoms with Crippen LogP contribution in [-0.4, -0.2) is 21.1 Å². The van der Waals surface area contributed by atoms with Gasteiger partial charge in [0.05, 0.1) is 10.0 Å². The Morgan fingerprint density at radius 2 is 2.24 bits per heavy atom. The first-order chi connectivity index (χ1) is 10.1. The number of hydrogen-bond acceptors (Lipinski definition) is 4. The quantitative estimate of drug-likeness (QED) is 0.499. The second-order valence-electron chi connectivity index (χ2n) is 4.06. The Morgan fingerprint density at radius 3 is 2.95 bits per heavy atom. The number of H-pyrrole nitrogens is 1. The first-order valence-corrected chi connectivity index (χ1v) is 8.26. The minimum absolute atomic E-state index is 0.428. The molecular formula is C13H8BrClN4S2. The first-order valence-electron chi connectivity index (χ1n) is 5.86. The van der Waals surface area contributed by atoms with Gasteiger partial charge in [-0.1, -0.05) is 23.7 Å². The van der Waals surface area contributed by atoms with Crippen molar-refractivity contribution in [3.8, 4) is 11.4 Å². The molecule has 106 valence electrons. The van der Waals surface area contributed by atoms with Crippen LogP contribution in [-0.2, 0) is 0 Å². The third kappa shape index (κ3) is 3.32. The molecule has 4 nitrogen and oxygen atoms in total. The van der Waals surface area contributed by atoms with Crippen LogP contribution in [0, 0.1) is 4.77 Å². The van der Waals surface area contributed by atoms with Crippen molar-refractivity contribution >= 4 is 57.3 Å². The predicted octanol–water partition coefficient (Wildman–Crippen LogP) is 4.97. The van der Waals surface area contributed by atoms with Gasteiger partial charge in [-0.15, -0.1) is 11.3 Å². The second-order valence-corrected chi connectivity index (χ2v) is 7.38. The zero-order valence-electron chi connectivity index (χ0n) is 10.5. The van der Waals surface area contributed by atoms with E-state index < -0.39 is 0 Å². The highest BCUT2D eigenvalue weighted by atomic mass is 79.9. The third-order valence-corrected chi connectivity index (χ3v) is 4.69. The molecule has 3 rings (SSSR count). The Morgan fingerprint density at radius 1 is 1.38 bits per heavy atom. The molecule has 0 saturated heterocycles. The number of nitrogens with one attached hydrogen (secondary N) is 1. The SMILES string of the molecule is S=c1[nH]nc(-c2cccc(Cl)c2)n1N=Cc1ccc(Br)s1. The number of aromatic amines is 1.